The van der Waals surface area contributed by atoms with Crippen molar-refractivity contribution in [3.05, 3.63) is 210 Å². The van der Waals surface area contributed by atoms with Crippen molar-refractivity contribution in [1.82, 2.24) is 15.0 Å². The van der Waals surface area contributed by atoms with Crippen LogP contribution in [0.5, 0.6) is 0 Å². The van der Waals surface area contributed by atoms with Gasteiger partial charge in [0.2, 0.25) is 0 Å². The summed E-state index contributed by atoms with van der Waals surface area (Å²) in [5.41, 5.74) is 19.7. The van der Waals surface area contributed by atoms with E-state index in [9.17, 15) is 0 Å². The van der Waals surface area contributed by atoms with Gasteiger partial charge in [-0.2, -0.15) is 0 Å². The number of benzene rings is 8. The number of rotatable bonds is 4. The molecule has 2 aliphatic rings. The lowest BCUT2D eigenvalue weighted by atomic mass is 9.70. The average Bonchev–Trinajstić information content (AvgIpc) is 3.55. The topological polar surface area (TPSA) is 38.7 Å². The Morgan fingerprint density at radius 3 is 1.25 bits per heavy atom. The summed E-state index contributed by atoms with van der Waals surface area (Å²) in [4.78, 5) is 15.9. The molecule has 0 fully saturated rings. The van der Waals surface area contributed by atoms with E-state index in [0.717, 1.165) is 27.8 Å². The van der Waals surface area contributed by atoms with E-state index in [1.54, 1.807) is 0 Å². The summed E-state index contributed by atoms with van der Waals surface area (Å²) in [7, 11) is 0. The molecule has 11 rings (SSSR count). The van der Waals surface area contributed by atoms with Crippen molar-refractivity contribution in [2.75, 3.05) is 0 Å². The normalized spacial score (nSPS) is 13.9. The molecule has 0 saturated heterocycles. The maximum absolute atomic E-state index is 5.38. The standard InChI is InChI=1S/C57H43N3/c1-56(2)49-31-16-15-27-44(49)45-34-33-37(35-51(45)56)54-58-53(36-19-6-5-7-20-36)59-55(60-54)48-28-13-12-25-42(48)47-30-18-29-46-41-24-11-9-22-39(41)38-21-8-10-23-40(38)43-26-14-17-32-50(43)57(3,4)52(46)47/h5-35H,1-4H3. The molecular weight excluding hydrogens is 727 g/mol. The Bertz CT molecular complexity index is 3160. The second-order valence-electron chi connectivity index (χ2n) is 17.1. The van der Waals surface area contributed by atoms with Crippen molar-refractivity contribution >= 4 is 0 Å². The number of nitrogens with zero attached hydrogens (tertiary/aromatic N) is 3. The van der Waals surface area contributed by atoms with Gasteiger partial charge in [0.15, 0.2) is 17.5 Å². The van der Waals surface area contributed by atoms with Gasteiger partial charge in [0.25, 0.3) is 0 Å². The minimum absolute atomic E-state index is 0.152. The molecule has 0 amide bonds. The van der Waals surface area contributed by atoms with Crippen LogP contribution in [-0.2, 0) is 10.8 Å². The summed E-state index contributed by atoms with van der Waals surface area (Å²) < 4.78 is 0. The first-order valence-electron chi connectivity index (χ1n) is 20.9. The van der Waals surface area contributed by atoms with Crippen LogP contribution in [0.15, 0.2) is 188 Å². The van der Waals surface area contributed by atoms with Crippen molar-refractivity contribution in [1.29, 1.82) is 0 Å². The van der Waals surface area contributed by atoms with Crippen molar-refractivity contribution in [3.8, 4) is 89.8 Å². The van der Waals surface area contributed by atoms with Gasteiger partial charge in [-0.3, -0.25) is 0 Å². The number of hydrogen-bond donors (Lipinski definition) is 0. The maximum atomic E-state index is 5.38. The van der Waals surface area contributed by atoms with Crippen LogP contribution in [0.3, 0.4) is 0 Å². The fourth-order valence-corrected chi connectivity index (χ4v) is 10.1. The fourth-order valence-electron chi connectivity index (χ4n) is 10.1. The number of aromatic nitrogens is 3. The molecule has 1 aromatic heterocycles. The predicted molar refractivity (Wildman–Crippen MR) is 248 cm³/mol. The first-order valence-corrected chi connectivity index (χ1v) is 20.9. The zero-order chi connectivity index (χ0) is 40.6. The highest BCUT2D eigenvalue weighted by Crippen LogP contribution is 2.53. The Balaban J connectivity index is 1.15. The molecule has 0 radical (unpaired) electrons. The van der Waals surface area contributed by atoms with E-state index >= 15 is 0 Å². The summed E-state index contributed by atoms with van der Waals surface area (Å²) >= 11 is 0. The smallest absolute Gasteiger partial charge is 0.164 e. The minimum atomic E-state index is -0.408. The van der Waals surface area contributed by atoms with Gasteiger partial charge in [-0.05, 0) is 84.0 Å². The second kappa shape index (κ2) is 13.7. The Kier molecular flexibility index (Phi) is 8.18. The molecule has 0 unspecified atom stereocenters. The zero-order valence-electron chi connectivity index (χ0n) is 34.2. The maximum Gasteiger partial charge on any atom is 0.164 e. The molecular formula is C57H43N3. The van der Waals surface area contributed by atoms with E-state index in [-0.39, 0.29) is 5.41 Å². The highest BCUT2D eigenvalue weighted by atomic mass is 15.0. The van der Waals surface area contributed by atoms with Crippen LogP contribution in [0, 0.1) is 0 Å². The SMILES string of the molecule is CC1(C)c2ccccc2-c2ccc(-c3nc(-c4ccccc4)nc(-c4ccccc4-c4cccc5c4C(C)(C)c4ccccc4-c4ccccc4-c4ccccc4-5)n3)cc21. The Labute approximate surface area is 352 Å². The van der Waals surface area contributed by atoms with Crippen molar-refractivity contribution in [3.63, 3.8) is 0 Å². The number of hydrogen-bond acceptors (Lipinski definition) is 3. The van der Waals surface area contributed by atoms with E-state index in [2.05, 4.69) is 198 Å². The van der Waals surface area contributed by atoms with Crippen molar-refractivity contribution in [2.45, 2.75) is 38.5 Å². The van der Waals surface area contributed by atoms with Crippen LogP contribution in [0.25, 0.3) is 89.8 Å². The fraction of sp³-hybridized carbons (Fsp3) is 0.105. The molecule has 9 aromatic rings. The van der Waals surface area contributed by atoms with Crippen molar-refractivity contribution < 1.29 is 0 Å². The molecule has 286 valence electrons. The highest BCUT2D eigenvalue weighted by Gasteiger charge is 2.37. The first kappa shape index (κ1) is 35.9. The van der Waals surface area contributed by atoms with Crippen LogP contribution in [0.1, 0.15) is 49.9 Å². The molecule has 0 spiro atoms. The molecule has 0 atom stereocenters. The summed E-state index contributed by atoms with van der Waals surface area (Å²) in [5, 5.41) is 0. The third-order valence-electron chi connectivity index (χ3n) is 13.0. The van der Waals surface area contributed by atoms with E-state index < -0.39 is 5.41 Å². The summed E-state index contributed by atoms with van der Waals surface area (Å²) in [6, 6.07) is 67.9. The van der Waals surface area contributed by atoms with Crippen molar-refractivity contribution in [2.24, 2.45) is 0 Å². The summed E-state index contributed by atoms with van der Waals surface area (Å²) in [5.74, 6) is 1.95. The average molecular weight is 770 g/mol. The van der Waals surface area contributed by atoms with Crippen LogP contribution in [0.4, 0.5) is 0 Å². The summed E-state index contributed by atoms with van der Waals surface area (Å²) in [6.45, 7) is 9.40. The van der Waals surface area contributed by atoms with Gasteiger partial charge in [-0.1, -0.05) is 210 Å². The zero-order valence-corrected chi connectivity index (χ0v) is 34.2. The van der Waals surface area contributed by atoms with Gasteiger partial charge in [-0.25, -0.2) is 15.0 Å². The lowest BCUT2D eigenvalue weighted by Gasteiger charge is -2.33. The lowest BCUT2D eigenvalue weighted by molar-refractivity contribution is 0.646. The van der Waals surface area contributed by atoms with Gasteiger partial charge in [-0.15, -0.1) is 0 Å². The van der Waals surface area contributed by atoms with Crippen LogP contribution in [-0.4, -0.2) is 15.0 Å². The second-order valence-corrected chi connectivity index (χ2v) is 17.1. The molecule has 8 aromatic carbocycles. The summed E-state index contributed by atoms with van der Waals surface area (Å²) in [6.07, 6.45) is 0. The molecule has 3 nitrogen and oxygen atoms in total. The van der Waals surface area contributed by atoms with Crippen LogP contribution in [0.2, 0.25) is 0 Å². The molecule has 3 heteroatoms. The van der Waals surface area contributed by atoms with Crippen LogP contribution < -0.4 is 0 Å². The third-order valence-corrected chi connectivity index (χ3v) is 13.0. The van der Waals surface area contributed by atoms with E-state index in [4.69, 9.17) is 15.0 Å². The molecule has 0 bridgehead atoms. The molecule has 2 aliphatic carbocycles. The van der Waals surface area contributed by atoms with Gasteiger partial charge in [0.1, 0.15) is 0 Å². The van der Waals surface area contributed by atoms with E-state index in [0.29, 0.717) is 17.5 Å². The monoisotopic (exact) mass is 769 g/mol. The molecule has 0 aliphatic heterocycles. The highest BCUT2D eigenvalue weighted by molar-refractivity contribution is 5.98. The lowest BCUT2D eigenvalue weighted by Crippen LogP contribution is -2.22. The Morgan fingerprint density at radius 2 is 0.650 bits per heavy atom. The van der Waals surface area contributed by atoms with Gasteiger partial charge < -0.3 is 0 Å². The minimum Gasteiger partial charge on any atom is -0.208 e. The largest absolute Gasteiger partial charge is 0.208 e. The van der Waals surface area contributed by atoms with E-state index in [1.165, 1.54) is 66.8 Å². The van der Waals surface area contributed by atoms with Crippen LogP contribution >= 0.6 is 0 Å². The molecule has 1 heterocycles. The van der Waals surface area contributed by atoms with Gasteiger partial charge in [0, 0.05) is 27.5 Å². The molecule has 60 heavy (non-hydrogen) atoms. The van der Waals surface area contributed by atoms with Gasteiger partial charge in [0.05, 0.1) is 0 Å². The van der Waals surface area contributed by atoms with Gasteiger partial charge >= 0.3 is 0 Å². The molecule has 0 saturated carbocycles. The Morgan fingerprint density at radius 1 is 0.267 bits per heavy atom. The quantitative estimate of drug-likeness (QED) is 0.179. The third kappa shape index (κ3) is 5.53. The predicted octanol–water partition coefficient (Wildman–Crippen LogP) is 14.5. The Hall–Kier alpha value is -7.23. The number of fused-ring (bicyclic) bond motifs is 10. The van der Waals surface area contributed by atoms with E-state index in [1.807, 2.05) is 18.2 Å². The molecule has 0 N–H and O–H groups in total. The first-order chi connectivity index (χ1) is 29.3.